The summed E-state index contributed by atoms with van der Waals surface area (Å²) in [6.07, 6.45) is 0. The third-order valence-corrected chi connectivity index (χ3v) is 2.10. The van der Waals surface area contributed by atoms with Crippen molar-refractivity contribution in [1.82, 2.24) is 0 Å². The fourth-order valence-electron chi connectivity index (χ4n) is 0.990. The molecule has 0 unspecified atom stereocenters. The van der Waals surface area contributed by atoms with Crippen molar-refractivity contribution in [2.24, 2.45) is 0 Å². The van der Waals surface area contributed by atoms with Crippen molar-refractivity contribution in [1.29, 1.82) is 0 Å². The maximum atomic E-state index is 8.59. The molecular formula is C9H12ClNO. The Morgan fingerprint density at radius 2 is 2.25 bits per heavy atom. The van der Waals surface area contributed by atoms with Gasteiger partial charge in [-0.15, -0.1) is 0 Å². The molecule has 0 spiro atoms. The van der Waals surface area contributed by atoms with Crippen LogP contribution in [0.2, 0.25) is 5.02 Å². The van der Waals surface area contributed by atoms with Crippen LogP contribution in [0, 0.1) is 6.92 Å². The molecule has 0 saturated carbocycles. The van der Waals surface area contributed by atoms with Crippen molar-refractivity contribution in [3.8, 4) is 0 Å². The number of nitrogens with one attached hydrogen (secondary N) is 1. The molecule has 0 aliphatic carbocycles. The number of halogens is 1. The molecule has 0 bridgehead atoms. The number of anilines is 1. The molecular weight excluding hydrogens is 174 g/mol. The van der Waals surface area contributed by atoms with Gasteiger partial charge in [-0.25, -0.2) is 0 Å². The number of hydrogen-bond donors (Lipinski definition) is 2. The van der Waals surface area contributed by atoms with Crippen molar-refractivity contribution < 1.29 is 5.11 Å². The molecule has 66 valence electrons. The van der Waals surface area contributed by atoms with Crippen LogP contribution in [-0.2, 0) is 0 Å². The highest BCUT2D eigenvalue weighted by Crippen LogP contribution is 2.22. The van der Waals surface area contributed by atoms with E-state index in [2.05, 4.69) is 5.32 Å². The van der Waals surface area contributed by atoms with Crippen molar-refractivity contribution in [2.75, 3.05) is 18.5 Å². The van der Waals surface area contributed by atoms with Gasteiger partial charge in [0.1, 0.15) is 0 Å². The average molecular weight is 186 g/mol. The van der Waals surface area contributed by atoms with Gasteiger partial charge >= 0.3 is 0 Å². The molecule has 0 aliphatic rings. The maximum Gasteiger partial charge on any atom is 0.0604 e. The Kier molecular flexibility index (Phi) is 3.38. The molecule has 1 rings (SSSR count). The van der Waals surface area contributed by atoms with E-state index in [1.165, 1.54) is 0 Å². The second-order valence-electron chi connectivity index (χ2n) is 2.56. The van der Waals surface area contributed by atoms with E-state index in [0.29, 0.717) is 6.54 Å². The van der Waals surface area contributed by atoms with E-state index in [1.807, 2.05) is 25.1 Å². The molecule has 0 radical (unpaired) electrons. The van der Waals surface area contributed by atoms with E-state index in [4.69, 9.17) is 16.7 Å². The Morgan fingerprint density at radius 3 is 2.92 bits per heavy atom. The highest BCUT2D eigenvalue weighted by molar-refractivity contribution is 6.31. The van der Waals surface area contributed by atoms with E-state index < -0.39 is 0 Å². The van der Waals surface area contributed by atoms with Gasteiger partial charge < -0.3 is 10.4 Å². The maximum absolute atomic E-state index is 8.59. The van der Waals surface area contributed by atoms with Crippen LogP contribution in [0.25, 0.3) is 0 Å². The summed E-state index contributed by atoms with van der Waals surface area (Å²) in [6, 6.07) is 5.67. The van der Waals surface area contributed by atoms with Gasteiger partial charge in [0.05, 0.1) is 6.61 Å². The van der Waals surface area contributed by atoms with E-state index in [-0.39, 0.29) is 6.61 Å². The summed E-state index contributed by atoms with van der Waals surface area (Å²) in [6.45, 7) is 2.63. The summed E-state index contributed by atoms with van der Waals surface area (Å²) >= 11 is 5.89. The second kappa shape index (κ2) is 4.33. The molecule has 12 heavy (non-hydrogen) atoms. The van der Waals surface area contributed by atoms with Crippen LogP contribution >= 0.6 is 11.6 Å². The standard InChI is InChI=1S/C9H12ClNO/c1-7-8(10)3-2-4-9(7)11-5-6-12/h2-4,11-12H,5-6H2,1H3. The molecule has 1 aromatic rings. The SMILES string of the molecule is Cc1c(Cl)cccc1NCCO. The fourth-order valence-corrected chi connectivity index (χ4v) is 1.16. The summed E-state index contributed by atoms with van der Waals surface area (Å²) in [7, 11) is 0. The van der Waals surface area contributed by atoms with Crippen molar-refractivity contribution in [3.63, 3.8) is 0 Å². The monoisotopic (exact) mass is 185 g/mol. The number of rotatable bonds is 3. The topological polar surface area (TPSA) is 32.3 Å². The Morgan fingerprint density at radius 1 is 1.50 bits per heavy atom. The van der Waals surface area contributed by atoms with Crippen LogP contribution in [0.5, 0.6) is 0 Å². The van der Waals surface area contributed by atoms with E-state index in [1.54, 1.807) is 0 Å². The van der Waals surface area contributed by atoms with Crippen LogP contribution in [0.4, 0.5) is 5.69 Å². The molecule has 0 aliphatic heterocycles. The first-order valence-corrected chi connectivity index (χ1v) is 4.23. The number of aliphatic hydroxyl groups excluding tert-OH is 1. The molecule has 0 saturated heterocycles. The molecule has 0 heterocycles. The minimum atomic E-state index is 0.131. The lowest BCUT2D eigenvalue weighted by Gasteiger charge is -2.08. The number of benzene rings is 1. The van der Waals surface area contributed by atoms with Crippen molar-refractivity contribution in [3.05, 3.63) is 28.8 Å². The zero-order valence-corrected chi connectivity index (χ0v) is 7.73. The first-order valence-electron chi connectivity index (χ1n) is 3.85. The van der Waals surface area contributed by atoms with Crippen LogP contribution < -0.4 is 5.32 Å². The normalized spacial score (nSPS) is 9.92. The summed E-state index contributed by atoms with van der Waals surface area (Å²) in [5.74, 6) is 0. The lowest BCUT2D eigenvalue weighted by Crippen LogP contribution is -2.06. The quantitative estimate of drug-likeness (QED) is 0.756. The molecule has 2 nitrogen and oxygen atoms in total. The van der Waals surface area contributed by atoms with E-state index in [9.17, 15) is 0 Å². The van der Waals surface area contributed by atoms with Crippen LogP contribution in [0.1, 0.15) is 5.56 Å². The van der Waals surface area contributed by atoms with Gasteiger partial charge in [0, 0.05) is 17.3 Å². The molecule has 0 aromatic heterocycles. The Labute approximate surface area is 77.2 Å². The third-order valence-electron chi connectivity index (χ3n) is 1.69. The lowest BCUT2D eigenvalue weighted by molar-refractivity contribution is 0.311. The van der Waals surface area contributed by atoms with Gasteiger partial charge in [0.25, 0.3) is 0 Å². The fraction of sp³-hybridized carbons (Fsp3) is 0.333. The second-order valence-corrected chi connectivity index (χ2v) is 2.97. The van der Waals surface area contributed by atoms with Gasteiger partial charge in [-0.3, -0.25) is 0 Å². The molecule has 2 N–H and O–H groups in total. The van der Waals surface area contributed by atoms with E-state index in [0.717, 1.165) is 16.3 Å². The number of hydrogen-bond acceptors (Lipinski definition) is 2. The Bertz CT molecular complexity index is 263. The summed E-state index contributed by atoms with van der Waals surface area (Å²) in [5, 5.41) is 12.4. The summed E-state index contributed by atoms with van der Waals surface area (Å²) in [4.78, 5) is 0. The van der Waals surface area contributed by atoms with Crippen molar-refractivity contribution >= 4 is 17.3 Å². The molecule has 0 atom stereocenters. The molecule has 0 amide bonds. The van der Waals surface area contributed by atoms with Gasteiger partial charge in [0.15, 0.2) is 0 Å². The predicted octanol–water partition coefficient (Wildman–Crippen LogP) is 2.05. The highest BCUT2D eigenvalue weighted by atomic mass is 35.5. The average Bonchev–Trinajstić information content (AvgIpc) is 2.08. The summed E-state index contributed by atoms with van der Waals surface area (Å²) < 4.78 is 0. The van der Waals surface area contributed by atoms with E-state index >= 15 is 0 Å². The molecule has 1 aromatic carbocycles. The van der Waals surface area contributed by atoms with Crippen molar-refractivity contribution in [2.45, 2.75) is 6.92 Å². The first-order chi connectivity index (χ1) is 5.75. The summed E-state index contributed by atoms with van der Waals surface area (Å²) in [5.41, 5.74) is 2.00. The minimum absolute atomic E-state index is 0.131. The molecule has 0 fully saturated rings. The van der Waals surface area contributed by atoms with Crippen LogP contribution in [-0.4, -0.2) is 18.3 Å². The van der Waals surface area contributed by atoms with Crippen LogP contribution in [0.15, 0.2) is 18.2 Å². The smallest absolute Gasteiger partial charge is 0.0604 e. The predicted molar refractivity (Wildman–Crippen MR) is 51.8 cm³/mol. The Balaban J connectivity index is 2.78. The minimum Gasteiger partial charge on any atom is -0.395 e. The Hall–Kier alpha value is -0.730. The van der Waals surface area contributed by atoms with Gasteiger partial charge in [-0.05, 0) is 24.6 Å². The first kappa shape index (κ1) is 9.36. The zero-order chi connectivity index (χ0) is 8.97. The lowest BCUT2D eigenvalue weighted by atomic mass is 10.2. The van der Waals surface area contributed by atoms with Gasteiger partial charge in [0.2, 0.25) is 0 Å². The largest absolute Gasteiger partial charge is 0.395 e. The zero-order valence-electron chi connectivity index (χ0n) is 6.97. The highest BCUT2D eigenvalue weighted by Gasteiger charge is 1.99. The van der Waals surface area contributed by atoms with Gasteiger partial charge in [-0.1, -0.05) is 17.7 Å². The third kappa shape index (κ3) is 2.13. The van der Waals surface area contributed by atoms with Gasteiger partial charge in [-0.2, -0.15) is 0 Å². The van der Waals surface area contributed by atoms with Crippen LogP contribution in [0.3, 0.4) is 0 Å². The number of aliphatic hydroxyl groups is 1. The molecule has 3 heteroatoms.